The van der Waals surface area contributed by atoms with Crippen LogP contribution in [0.5, 0.6) is 5.75 Å². The Morgan fingerprint density at radius 2 is 1.88 bits per heavy atom. The van der Waals surface area contributed by atoms with Crippen LogP contribution in [-0.4, -0.2) is 33.8 Å². The predicted octanol–water partition coefficient (Wildman–Crippen LogP) is 5.84. The molecule has 2 N–H and O–H groups in total. The first kappa shape index (κ1) is 23.0. The lowest BCUT2D eigenvalue weighted by Crippen LogP contribution is -2.41. The van der Waals surface area contributed by atoms with Crippen molar-refractivity contribution in [3.05, 3.63) is 77.1 Å². The van der Waals surface area contributed by atoms with Crippen LogP contribution in [0.1, 0.15) is 43.2 Å². The van der Waals surface area contributed by atoms with Crippen molar-refractivity contribution in [1.29, 1.82) is 0 Å². The molecular formula is C28H30ClN3O2. The van der Waals surface area contributed by atoms with Crippen LogP contribution in [0.15, 0.2) is 60.8 Å². The number of pyridine rings is 2. The summed E-state index contributed by atoms with van der Waals surface area (Å²) in [6.07, 6.45) is 6.89. The van der Waals surface area contributed by atoms with E-state index in [2.05, 4.69) is 33.5 Å². The van der Waals surface area contributed by atoms with Gasteiger partial charge < -0.3 is 15.2 Å². The minimum atomic E-state index is -0.630. The van der Waals surface area contributed by atoms with E-state index >= 15 is 0 Å². The topological polar surface area (TPSA) is 67.3 Å². The number of hydrogen-bond acceptors (Lipinski definition) is 5. The summed E-state index contributed by atoms with van der Waals surface area (Å²) in [5, 5.41) is 17.7. The summed E-state index contributed by atoms with van der Waals surface area (Å²) in [6.45, 7) is 0.685. The largest absolute Gasteiger partial charge is 0.497 e. The molecule has 5 rings (SSSR count). The zero-order valence-corrected chi connectivity index (χ0v) is 20.2. The zero-order valence-electron chi connectivity index (χ0n) is 19.4. The zero-order chi connectivity index (χ0) is 23.5. The number of benzene rings is 2. The Balaban J connectivity index is 1.17. The molecule has 1 aliphatic carbocycles. The summed E-state index contributed by atoms with van der Waals surface area (Å²) in [5.41, 5.74) is 3.46. The number of rotatable bonds is 7. The van der Waals surface area contributed by atoms with E-state index in [4.69, 9.17) is 16.3 Å². The second-order valence-electron chi connectivity index (χ2n) is 9.36. The van der Waals surface area contributed by atoms with Gasteiger partial charge in [0.1, 0.15) is 10.9 Å². The van der Waals surface area contributed by atoms with E-state index in [1.165, 1.54) is 5.56 Å². The Morgan fingerprint density at radius 3 is 2.71 bits per heavy atom. The van der Waals surface area contributed by atoms with Crippen LogP contribution in [0.2, 0.25) is 5.15 Å². The Bertz CT molecular complexity index is 1300. The van der Waals surface area contributed by atoms with Gasteiger partial charge in [0.25, 0.3) is 0 Å². The molecule has 0 atom stereocenters. The van der Waals surface area contributed by atoms with Gasteiger partial charge in [-0.15, -0.1) is 0 Å². The quantitative estimate of drug-likeness (QED) is 0.328. The van der Waals surface area contributed by atoms with Crippen LogP contribution in [0, 0.1) is 0 Å². The van der Waals surface area contributed by atoms with Crippen LogP contribution < -0.4 is 10.1 Å². The molecule has 2 aromatic heterocycles. The summed E-state index contributed by atoms with van der Waals surface area (Å²) in [7, 11) is 1.68. The number of hydrogen-bond donors (Lipinski definition) is 2. The first-order chi connectivity index (χ1) is 16.5. The summed E-state index contributed by atoms with van der Waals surface area (Å²) < 4.78 is 5.39. The van der Waals surface area contributed by atoms with Crippen LogP contribution >= 0.6 is 11.6 Å². The van der Waals surface area contributed by atoms with Crippen molar-refractivity contribution in [1.82, 2.24) is 15.3 Å². The number of ether oxygens (including phenoxy) is 1. The Kier molecular flexibility index (Phi) is 6.68. The van der Waals surface area contributed by atoms with Gasteiger partial charge in [0.05, 0.1) is 23.7 Å². The fraction of sp³-hybridized carbons (Fsp3) is 0.357. The molecule has 0 spiro atoms. The molecule has 0 unspecified atom stereocenters. The molecule has 0 amide bonds. The highest BCUT2D eigenvalue weighted by atomic mass is 35.5. The molecule has 1 aliphatic rings. The van der Waals surface area contributed by atoms with Crippen molar-refractivity contribution < 1.29 is 9.84 Å². The molecule has 2 aromatic carbocycles. The van der Waals surface area contributed by atoms with Crippen LogP contribution in [-0.2, 0) is 13.0 Å². The Morgan fingerprint density at radius 1 is 1.06 bits per heavy atom. The fourth-order valence-corrected chi connectivity index (χ4v) is 5.23. The smallest absolute Gasteiger partial charge is 0.134 e. The monoisotopic (exact) mass is 475 g/mol. The van der Waals surface area contributed by atoms with Crippen LogP contribution in [0.25, 0.3) is 21.8 Å². The summed E-state index contributed by atoms with van der Waals surface area (Å²) in [5.74, 6) is 0.828. The van der Waals surface area contributed by atoms with Gasteiger partial charge in [0, 0.05) is 35.1 Å². The van der Waals surface area contributed by atoms with E-state index in [1.54, 1.807) is 7.11 Å². The van der Waals surface area contributed by atoms with Crippen molar-refractivity contribution in [3.63, 3.8) is 0 Å². The van der Waals surface area contributed by atoms with Gasteiger partial charge in [0.2, 0.25) is 0 Å². The molecular weight excluding hydrogens is 446 g/mol. The lowest BCUT2D eigenvalue weighted by atomic mass is 9.78. The third kappa shape index (κ3) is 5.02. The number of aryl methyl sites for hydroxylation is 1. The lowest BCUT2D eigenvalue weighted by molar-refractivity contribution is -0.0107. The molecule has 0 aliphatic heterocycles. The van der Waals surface area contributed by atoms with Crippen molar-refractivity contribution in [2.24, 2.45) is 0 Å². The average Bonchev–Trinajstić information content (AvgIpc) is 2.87. The molecule has 4 aromatic rings. The average molecular weight is 476 g/mol. The number of halogens is 1. The third-order valence-corrected chi connectivity index (χ3v) is 7.47. The number of nitrogens with one attached hydrogen (secondary N) is 1. The highest BCUT2D eigenvalue weighted by Crippen LogP contribution is 2.34. The van der Waals surface area contributed by atoms with Gasteiger partial charge in [-0.3, -0.25) is 4.98 Å². The third-order valence-electron chi connectivity index (χ3n) is 7.15. The first-order valence-electron chi connectivity index (χ1n) is 11.9. The number of nitrogens with zero attached hydrogens (tertiary/aromatic N) is 2. The lowest BCUT2D eigenvalue weighted by Gasteiger charge is -2.36. The van der Waals surface area contributed by atoms with Crippen molar-refractivity contribution in [2.45, 2.75) is 56.7 Å². The maximum Gasteiger partial charge on any atom is 0.134 e. The minimum Gasteiger partial charge on any atom is -0.497 e. The molecule has 6 heteroatoms. The van der Waals surface area contributed by atoms with E-state index in [0.29, 0.717) is 17.7 Å². The van der Waals surface area contributed by atoms with E-state index in [9.17, 15) is 5.11 Å². The van der Waals surface area contributed by atoms with E-state index in [1.807, 2.05) is 42.6 Å². The second-order valence-corrected chi connectivity index (χ2v) is 9.72. The second kappa shape index (κ2) is 9.87. The SMILES string of the molecule is COc1ccc2nccc(CCC3(O)CCC(NCc4cc5ccccc5nc4Cl)CC3)c2c1. The van der Waals surface area contributed by atoms with Gasteiger partial charge >= 0.3 is 0 Å². The molecule has 1 saturated carbocycles. The predicted molar refractivity (Wildman–Crippen MR) is 137 cm³/mol. The number of fused-ring (bicyclic) bond motifs is 2. The van der Waals surface area contributed by atoms with E-state index in [0.717, 1.165) is 71.6 Å². The number of methoxy groups -OCH3 is 1. The van der Waals surface area contributed by atoms with Gasteiger partial charge in [-0.25, -0.2) is 4.98 Å². The summed E-state index contributed by atoms with van der Waals surface area (Å²) >= 11 is 6.42. The summed E-state index contributed by atoms with van der Waals surface area (Å²) in [4.78, 5) is 8.99. The van der Waals surface area contributed by atoms with Gasteiger partial charge in [-0.2, -0.15) is 0 Å². The van der Waals surface area contributed by atoms with Crippen LogP contribution in [0.3, 0.4) is 0 Å². The number of aliphatic hydroxyl groups is 1. The van der Waals surface area contributed by atoms with Crippen molar-refractivity contribution in [3.8, 4) is 5.75 Å². The molecule has 1 fully saturated rings. The maximum atomic E-state index is 11.3. The molecule has 0 saturated heterocycles. The highest BCUT2D eigenvalue weighted by molar-refractivity contribution is 6.30. The van der Waals surface area contributed by atoms with Crippen molar-refractivity contribution >= 4 is 33.4 Å². The Labute approximate surface area is 205 Å². The van der Waals surface area contributed by atoms with Crippen molar-refractivity contribution in [2.75, 3.05) is 7.11 Å². The van der Waals surface area contributed by atoms with E-state index < -0.39 is 5.60 Å². The normalized spacial score (nSPS) is 20.6. The molecule has 0 radical (unpaired) electrons. The van der Waals surface area contributed by atoms with Gasteiger partial charge in [-0.1, -0.05) is 29.8 Å². The molecule has 2 heterocycles. The fourth-order valence-electron chi connectivity index (χ4n) is 5.02. The standard InChI is InChI=1S/C28H30ClN3O2/c1-34-23-6-7-26-24(17-23)19(11-15-30-26)8-12-28(33)13-9-22(10-14-28)31-18-21-16-20-4-2-3-5-25(20)32-27(21)29/h2-7,11,15-17,22,31,33H,8-10,12-14,18H2,1H3. The number of para-hydroxylation sites is 1. The maximum absolute atomic E-state index is 11.3. The first-order valence-corrected chi connectivity index (χ1v) is 12.3. The minimum absolute atomic E-state index is 0.369. The van der Waals surface area contributed by atoms with Gasteiger partial charge in [-0.05, 0) is 80.5 Å². The molecule has 176 valence electrons. The number of aromatic nitrogens is 2. The van der Waals surface area contributed by atoms with Crippen LogP contribution in [0.4, 0.5) is 0 Å². The highest BCUT2D eigenvalue weighted by Gasteiger charge is 2.32. The van der Waals surface area contributed by atoms with E-state index in [-0.39, 0.29) is 0 Å². The molecule has 0 bridgehead atoms. The van der Waals surface area contributed by atoms with Gasteiger partial charge in [0.15, 0.2) is 0 Å². The molecule has 34 heavy (non-hydrogen) atoms. The molecule has 5 nitrogen and oxygen atoms in total. The summed E-state index contributed by atoms with van der Waals surface area (Å²) in [6, 6.07) is 18.5. The Hall–Kier alpha value is -2.73.